The summed E-state index contributed by atoms with van der Waals surface area (Å²) in [4.78, 5) is 12.8. The standard InChI is InChI=1S/C20H16N4O2S/c1-13(22-23-15-5-4-6-16(12-15)24(25)26)14-9-10-20-18(11-14)21-17-7-2-3-8-19(17)27-20/h2-12,21,23H,1H3. The highest BCUT2D eigenvalue weighted by atomic mass is 32.2. The van der Waals surface area contributed by atoms with Gasteiger partial charge in [0, 0.05) is 21.9 Å². The van der Waals surface area contributed by atoms with Gasteiger partial charge in [-0.15, -0.1) is 0 Å². The Morgan fingerprint density at radius 3 is 2.70 bits per heavy atom. The molecule has 7 heteroatoms. The number of para-hydroxylation sites is 1. The lowest BCUT2D eigenvalue weighted by atomic mass is 10.1. The van der Waals surface area contributed by atoms with Crippen molar-refractivity contribution in [1.29, 1.82) is 0 Å². The van der Waals surface area contributed by atoms with Crippen LogP contribution in [0, 0.1) is 10.1 Å². The summed E-state index contributed by atoms with van der Waals surface area (Å²) < 4.78 is 0. The molecule has 27 heavy (non-hydrogen) atoms. The summed E-state index contributed by atoms with van der Waals surface area (Å²) in [6.45, 7) is 1.90. The van der Waals surface area contributed by atoms with Crippen molar-refractivity contribution in [2.24, 2.45) is 5.10 Å². The van der Waals surface area contributed by atoms with Crippen molar-refractivity contribution in [1.82, 2.24) is 0 Å². The molecule has 0 fully saturated rings. The highest BCUT2D eigenvalue weighted by Crippen LogP contribution is 2.44. The van der Waals surface area contributed by atoms with E-state index in [4.69, 9.17) is 0 Å². The fraction of sp³-hybridized carbons (Fsp3) is 0.0500. The first-order valence-electron chi connectivity index (χ1n) is 8.33. The third kappa shape index (κ3) is 3.63. The smallest absolute Gasteiger partial charge is 0.271 e. The lowest BCUT2D eigenvalue weighted by Crippen LogP contribution is -2.04. The number of benzene rings is 3. The summed E-state index contributed by atoms with van der Waals surface area (Å²) in [5.74, 6) is 0. The number of rotatable bonds is 4. The van der Waals surface area contributed by atoms with E-state index in [2.05, 4.69) is 40.1 Å². The molecule has 3 aromatic rings. The zero-order valence-electron chi connectivity index (χ0n) is 14.5. The number of hydrogen-bond acceptors (Lipinski definition) is 6. The van der Waals surface area contributed by atoms with E-state index in [-0.39, 0.29) is 5.69 Å². The molecule has 0 atom stereocenters. The largest absolute Gasteiger partial charge is 0.354 e. The van der Waals surface area contributed by atoms with Gasteiger partial charge in [0.05, 0.1) is 27.7 Å². The molecule has 0 unspecified atom stereocenters. The predicted octanol–water partition coefficient (Wildman–Crippen LogP) is 5.64. The molecule has 0 saturated carbocycles. The monoisotopic (exact) mass is 376 g/mol. The third-order valence-corrected chi connectivity index (χ3v) is 5.34. The molecular formula is C20H16N4O2S. The quantitative estimate of drug-likeness (QED) is 0.274. The third-order valence-electron chi connectivity index (χ3n) is 4.18. The molecule has 1 aliphatic rings. The zero-order valence-corrected chi connectivity index (χ0v) is 15.3. The van der Waals surface area contributed by atoms with Gasteiger partial charge in [-0.25, -0.2) is 0 Å². The van der Waals surface area contributed by atoms with Gasteiger partial charge in [-0.3, -0.25) is 15.5 Å². The van der Waals surface area contributed by atoms with Gasteiger partial charge in [0.15, 0.2) is 0 Å². The molecule has 0 spiro atoms. The van der Waals surface area contributed by atoms with Gasteiger partial charge in [-0.05, 0) is 42.8 Å². The molecule has 3 aromatic carbocycles. The van der Waals surface area contributed by atoms with Crippen LogP contribution in [-0.4, -0.2) is 10.6 Å². The fourth-order valence-corrected chi connectivity index (χ4v) is 3.73. The van der Waals surface area contributed by atoms with Gasteiger partial charge < -0.3 is 5.32 Å². The average molecular weight is 376 g/mol. The minimum Gasteiger partial charge on any atom is -0.354 e. The number of nitro groups is 1. The topological polar surface area (TPSA) is 79.6 Å². The maximum atomic E-state index is 10.9. The fourth-order valence-electron chi connectivity index (χ4n) is 2.77. The van der Waals surface area contributed by atoms with Crippen molar-refractivity contribution in [3.63, 3.8) is 0 Å². The lowest BCUT2D eigenvalue weighted by molar-refractivity contribution is -0.384. The molecule has 1 aliphatic heterocycles. The van der Waals surface area contributed by atoms with E-state index in [1.54, 1.807) is 23.9 Å². The summed E-state index contributed by atoms with van der Waals surface area (Å²) in [5, 5.41) is 18.7. The van der Waals surface area contributed by atoms with Gasteiger partial charge in [0.2, 0.25) is 0 Å². The lowest BCUT2D eigenvalue weighted by Gasteiger charge is -2.21. The number of hydrogen-bond donors (Lipinski definition) is 2. The van der Waals surface area contributed by atoms with E-state index in [1.165, 1.54) is 17.0 Å². The van der Waals surface area contributed by atoms with E-state index in [1.807, 2.05) is 25.1 Å². The molecule has 134 valence electrons. The Morgan fingerprint density at radius 1 is 1.04 bits per heavy atom. The number of nitrogens with one attached hydrogen (secondary N) is 2. The van der Waals surface area contributed by atoms with Gasteiger partial charge in [-0.2, -0.15) is 5.10 Å². The van der Waals surface area contributed by atoms with E-state index in [0.717, 1.165) is 27.5 Å². The number of nitro benzene ring substituents is 1. The highest BCUT2D eigenvalue weighted by molar-refractivity contribution is 7.99. The summed E-state index contributed by atoms with van der Waals surface area (Å²) >= 11 is 1.74. The average Bonchev–Trinajstić information content (AvgIpc) is 2.70. The van der Waals surface area contributed by atoms with Gasteiger partial charge in [-0.1, -0.05) is 36.0 Å². The van der Waals surface area contributed by atoms with Crippen molar-refractivity contribution in [3.05, 3.63) is 82.4 Å². The summed E-state index contributed by atoms with van der Waals surface area (Å²) in [5.41, 5.74) is 7.39. The minimum atomic E-state index is -0.424. The molecule has 0 radical (unpaired) electrons. The van der Waals surface area contributed by atoms with Crippen LogP contribution in [0.25, 0.3) is 0 Å². The van der Waals surface area contributed by atoms with Crippen LogP contribution >= 0.6 is 11.8 Å². The Bertz CT molecular complexity index is 1070. The maximum absolute atomic E-state index is 10.9. The number of nitrogens with zero attached hydrogens (tertiary/aromatic N) is 2. The van der Waals surface area contributed by atoms with Crippen molar-refractivity contribution in [2.45, 2.75) is 16.7 Å². The van der Waals surface area contributed by atoms with Crippen LogP contribution in [0.1, 0.15) is 12.5 Å². The van der Waals surface area contributed by atoms with Crippen LogP contribution < -0.4 is 10.7 Å². The first kappa shape index (κ1) is 17.1. The molecule has 0 bridgehead atoms. The Labute approximate surface area is 160 Å². The number of anilines is 3. The second kappa shape index (κ2) is 7.13. The number of fused-ring (bicyclic) bond motifs is 2. The van der Waals surface area contributed by atoms with Crippen LogP contribution in [-0.2, 0) is 0 Å². The normalized spacial score (nSPS) is 12.6. The van der Waals surface area contributed by atoms with Crippen LogP contribution in [0.15, 0.2) is 81.6 Å². The Morgan fingerprint density at radius 2 is 1.85 bits per heavy atom. The second-order valence-electron chi connectivity index (χ2n) is 6.05. The van der Waals surface area contributed by atoms with E-state index in [0.29, 0.717) is 5.69 Å². The van der Waals surface area contributed by atoms with Crippen molar-refractivity contribution in [2.75, 3.05) is 10.7 Å². The molecule has 0 aromatic heterocycles. The second-order valence-corrected chi connectivity index (χ2v) is 7.13. The first-order valence-corrected chi connectivity index (χ1v) is 9.15. The maximum Gasteiger partial charge on any atom is 0.271 e. The Hall–Kier alpha value is -3.32. The van der Waals surface area contributed by atoms with Crippen LogP contribution in [0.4, 0.5) is 22.7 Å². The molecule has 0 aliphatic carbocycles. The first-order chi connectivity index (χ1) is 13.1. The molecule has 4 rings (SSSR count). The van der Waals surface area contributed by atoms with Crippen molar-refractivity contribution >= 4 is 40.2 Å². The van der Waals surface area contributed by atoms with Crippen LogP contribution in [0.2, 0.25) is 0 Å². The van der Waals surface area contributed by atoms with Gasteiger partial charge >= 0.3 is 0 Å². The molecule has 0 amide bonds. The predicted molar refractivity (Wildman–Crippen MR) is 109 cm³/mol. The Kier molecular flexibility index (Phi) is 4.52. The Balaban J connectivity index is 1.55. The zero-order chi connectivity index (χ0) is 18.8. The summed E-state index contributed by atoms with van der Waals surface area (Å²) in [6, 6.07) is 20.6. The molecule has 2 N–H and O–H groups in total. The summed E-state index contributed by atoms with van der Waals surface area (Å²) in [6.07, 6.45) is 0. The van der Waals surface area contributed by atoms with Crippen molar-refractivity contribution in [3.8, 4) is 0 Å². The van der Waals surface area contributed by atoms with Gasteiger partial charge in [0.25, 0.3) is 5.69 Å². The number of non-ortho nitro benzene ring substituents is 1. The number of hydrazone groups is 1. The SMILES string of the molecule is CC(=NNc1cccc([N+](=O)[O-])c1)c1ccc2c(c1)Nc1ccccc1S2. The van der Waals surface area contributed by atoms with E-state index < -0.39 is 4.92 Å². The van der Waals surface area contributed by atoms with Gasteiger partial charge in [0.1, 0.15) is 0 Å². The van der Waals surface area contributed by atoms with E-state index in [9.17, 15) is 10.1 Å². The molecular weight excluding hydrogens is 360 g/mol. The van der Waals surface area contributed by atoms with E-state index >= 15 is 0 Å². The minimum absolute atomic E-state index is 0.0292. The van der Waals surface area contributed by atoms with Crippen molar-refractivity contribution < 1.29 is 4.92 Å². The van der Waals surface area contributed by atoms with Crippen LogP contribution in [0.5, 0.6) is 0 Å². The molecule has 6 nitrogen and oxygen atoms in total. The highest BCUT2D eigenvalue weighted by Gasteiger charge is 2.15. The van der Waals surface area contributed by atoms with Crippen LogP contribution in [0.3, 0.4) is 0 Å². The molecule has 1 heterocycles. The molecule has 0 saturated heterocycles. The summed E-state index contributed by atoms with van der Waals surface area (Å²) in [7, 11) is 0.